The minimum atomic E-state index is -0.442. The lowest BCUT2D eigenvalue weighted by atomic mass is 9.68. The van der Waals surface area contributed by atoms with Crippen molar-refractivity contribution in [2.45, 2.75) is 5.41 Å². The molecular weight excluding hydrogens is 931 g/mol. The van der Waals surface area contributed by atoms with Crippen LogP contribution in [-0.2, 0) is 5.41 Å². The maximum Gasteiger partial charge on any atom is 0.164 e. The molecule has 0 aliphatic heterocycles. The molecule has 0 atom stereocenters. The van der Waals surface area contributed by atoms with Gasteiger partial charge in [0, 0.05) is 49.0 Å². The lowest BCUT2D eigenvalue weighted by molar-refractivity contribution is 0.668. The highest BCUT2D eigenvalue weighted by Crippen LogP contribution is 2.64. The summed E-state index contributed by atoms with van der Waals surface area (Å²) >= 11 is 0. The second-order valence-electron chi connectivity index (χ2n) is 20.1. The van der Waals surface area contributed by atoms with Gasteiger partial charge in [0.25, 0.3) is 0 Å². The van der Waals surface area contributed by atoms with E-state index < -0.39 is 5.41 Å². The molecule has 0 radical (unpaired) electrons. The van der Waals surface area contributed by atoms with Gasteiger partial charge < -0.3 is 13.3 Å². The Kier molecular flexibility index (Phi) is 8.39. The Bertz CT molecular complexity index is 4900. The molecule has 0 fully saturated rings. The van der Waals surface area contributed by atoms with Gasteiger partial charge in [0.1, 0.15) is 33.5 Å². The molecule has 76 heavy (non-hydrogen) atoms. The van der Waals surface area contributed by atoms with E-state index in [1.165, 1.54) is 55.6 Å². The predicted octanol–water partition coefficient (Wildman–Crippen LogP) is 18.2. The monoisotopic (exact) mass is 969 g/mol. The second-order valence-corrected chi connectivity index (χ2v) is 20.1. The highest BCUT2D eigenvalue weighted by Gasteiger charge is 2.52. The average Bonchev–Trinajstić information content (AvgIpc) is 4.06. The first-order valence-electron chi connectivity index (χ1n) is 25.7. The number of hydrogen-bond donors (Lipinski definition) is 0. The van der Waals surface area contributed by atoms with Gasteiger partial charge in [-0.05, 0) is 115 Å². The minimum Gasteiger partial charge on any atom is -0.456 e. The fraction of sp³-hybridized carbons (Fsp3) is 0.0143. The summed E-state index contributed by atoms with van der Waals surface area (Å²) in [4.78, 5) is 15.9. The Hall–Kier alpha value is -10.2. The molecule has 0 bridgehead atoms. The molecule has 4 aromatic heterocycles. The van der Waals surface area contributed by atoms with E-state index in [2.05, 4.69) is 170 Å². The number of nitrogens with zero attached hydrogens (tertiary/aromatic N) is 3. The molecule has 352 valence electrons. The number of furan rings is 3. The van der Waals surface area contributed by atoms with Gasteiger partial charge in [-0.2, -0.15) is 0 Å². The van der Waals surface area contributed by atoms with E-state index in [4.69, 9.17) is 28.2 Å². The van der Waals surface area contributed by atoms with Crippen LogP contribution in [0.2, 0.25) is 0 Å². The Labute approximate surface area is 434 Å². The van der Waals surface area contributed by atoms with Crippen LogP contribution in [0.5, 0.6) is 0 Å². The first-order chi connectivity index (χ1) is 37.7. The van der Waals surface area contributed by atoms with Crippen LogP contribution in [0.1, 0.15) is 22.3 Å². The molecule has 6 nitrogen and oxygen atoms in total. The summed E-state index contributed by atoms with van der Waals surface area (Å²) in [6, 6.07) is 84.0. The Morgan fingerprint density at radius 3 is 1.37 bits per heavy atom. The van der Waals surface area contributed by atoms with Crippen LogP contribution in [0.25, 0.3) is 144 Å². The summed E-state index contributed by atoms with van der Waals surface area (Å²) in [6.07, 6.45) is 0. The van der Waals surface area contributed by atoms with Crippen molar-refractivity contribution in [1.29, 1.82) is 0 Å². The maximum absolute atomic E-state index is 6.65. The van der Waals surface area contributed by atoms with E-state index in [1.54, 1.807) is 0 Å². The van der Waals surface area contributed by atoms with Gasteiger partial charge >= 0.3 is 0 Å². The Morgan fingerprint density at radius 2 is 0.684 bits per heavy atom. The number of rotatable bonds is 5. The van der Waals surface area contributed by atoms with Gasteiger partial charge in [0.2, 0.25) is 0 Å². The van der Waals surface area contributed by atoms with E-state index in [0.717, 1.165) is 93.6 Å². The summed E-state index contributed by atoms with van der Waals surface area (Å²) in [6.45, 7) is 0. The normalized spacial score (nSPS) is 13.1. The number of aromatic nitrogens is 3. The summed E-state index contributed by atoms with van der Waals surface area (Å²) in [5.41, 5.74) is 21.9. The molecule has 15 aromatic rings. The van der Waals surface area contributed by atoms with Crippen LogP contribution in [0, 0.1) is 0 Å². The second kappa shape index (κ2) is 15.4. The van der Waals surface area contributed by atoms with Crippen molar-refractivity contribution in [3.63, 3.8) is 0 Å². The van der Waals surface area contributed by atoms with Crippen LogP contribution in [-0.4, -0.2) is 15.0 Å². The first kappa shape index (κ1) is 41.3. The van der Waals surface area contributed by atoms with E-state index in [1.807, 2.05) is 66.7 Å². The van der Waals surface area contributed by atoms with Crippen LogP contribution in [0.15, 0.2) is 250 Å². The zero-order chi connectivity index (χ0) is 49.6. The lowest BCUT2D eigenvalue weighted by Crippen LogP contribution is -2.26. The summed E-state index contributed by atoms with van der Waals surface area (Å²) < 4.78 is 19.4. The van der Waals surface area contributed by atoms with Crippen LogP contribution >= 0.6 is 0 Å². The molecule has 11 aromatic carbocycles. The third-order valence-electron chi connectivity index (χ3n) is 16.2. The van der Waals surface area contributed by atoms with Crippen molar-refractivity contribution in [2.24, 2.45) is 0 Å². The summed E-state index contributed by atoms with van der Waals surface area (Å²) in [7, 11) is 0. The molecule has 0 saturated carbocycles. The smallest absolute Gasteiger partial charge is 0.164 e. The standard InChI is InChI=1S/C70H39N3O3/c1-6-23-55-45(14-1)46-15-2-7-24-56(46)70(55)57-25-8-3-16-47(57)50-20-11-19-44(66(50)70)41-32-30-40(31-33-41)42-35-37-60-54(38-42)65-53(22-13-29-62(65)75-60)69-72-67(43-34-36-49-48-17-4-9-26-58(48)76-63(49)39-43)71-68(73-69)52-21-12-28-61-64(52)51-18-5-10-27-59(51)74-61/h1-39H. The molecule has 0 N–H and O–H groups in total. The molecule has 4 heterocycles. The minimum absolute atomic E-state index is 0.442. The molecule has 2 aliphatic carbocycles. The quantitative estimate of drug-likeness (QED) is 0.171. The fourth-order valence-corrected chi connectivity index (χ4v) is 13.0. The van der Waals surface area contributed by atoms with Crippen LogP contribution in [0.3, 0.4) is 0 Å². The molecule has 6 heteroatoms. The molecule has 0 amide bonds. The van der Waals surface area contributed by atoms with Gasteiger partial charge in [0.05, 0.1) is 5.41 Å². The zero-order valence-corrected chi connectivity index (χ0v) is 40.6. The van der Waals surface area contributed by atoms with Gasteiger partial charge in [-0.1, -0.05) is 188 Å². The van der Waals surface area contributed by atoms with Gasteiger partial charge in [0.15, 0.2) is 17.5 Å². The molecule has 0 saturated heterocycles. The summed E-state index contributed by atoms with van der Waals surface area (Å²) in [5.74, 6) is 1.59. The largest absolute Gasteiger partial charge is 0.456 e. The number of fused-ring (bicyclic) bond motifs is 19. The van der Waals surface area contributed by atoms with Gasteiger partial charge in [-0.15, -0.1) is 0 Å². The van der Waals surface area contributed by atoms with Gasteiger partial charge in [-0.25, -0.2) is 15.0 Å². The van der Waals surface area contributed by atoms with Crippen molar-refractivity contribution in [2.75, 3.05) is 0 Å². The number of hydrogen-bond acceptors (Lipinski definition) is 6. The molecular formula is C70H39N3O3. The van der Waals surface area contributed by atoms with Gasteiger partial charge in [-0.3, -0.25) is 0 Å². The zero-order valence-electron chi connectivity index (χ0n) is 40.6. The van der Waals surface area contributed by atoms with Crippen LogP contribution in [0.4, 0.5) is 0 Å². The average molecular weight is 970 g/mol. The fourth-order valence-electron chi connectivity index (χ4n) is 13.0. The third-order valence-corrected chi connectivity index (χ3v) is 16.2. The maximum atomic E-state index is 6.65. The molecule has 2 aliphatic rings. The van der Waals surface area contributed by atoms with Crippen molar-refractivity contribution in [3.8, 4) is 78.7 Å². The number of benzene rings is 11. The van der Waals surface area contributed by atoms with Crippen molar-refractivity contribution in [1.82, 2.24) is 15.0 Å². The SMILES string of the molecule is c1ccc2c(c1)-c1ccccc1C21c2ccccc2-c2cccc(-c3ccc(-c4ccc5oc6cccc(-c7nc(-c8ccc9c(c8)oc8ccccc89)nc(-c8cccc9oc%10ccccc%10c89)n7)c6c5c4)cc3)c21. The van der Waals surface area contributed by atoms with Crippen molar-refractivity contribution >= 4 is 65.8 Å². The van der Waals surface area contributed by atoms with E-state index >= 15 is 0 Å². The topological polar surface area (TPSA) is 78.1 Å². The highest BCUT2D eigenvalue weighted by atomic mass is 16.3. The third kappa shape index (κ3) is 5.67. The lowest BCUT2D eigenvalue weighted by Gasteiger charge is -2.32. The van der Waals surface area contributed by atoms with E-state index in [-0.39, 0.29) is 0 Å². The predicted molar refractivity (Wildman–Crippen MR) is 305 cm³/mol. The molecule has 0 unspecified atom stereocenters. The van der Waals surface area contributed by atoms with Crippen molar-refractivity contribution in [3.05, 3.63) is 259 Å². The van der Waals surface area contributed by atoms with E-state index in [0.29, 0.717) is 17.5 Å². The highest BCUT2D eigenvalue weighted by molar-refractivity contribution is 6.14. The van der Waals surface area contributed by atoms with E-state index in [9.17, 15) is 0 Å². The Morgan fingerprint density at radius 1 is 0.250 bits per heavy atom. The first-order valence-corrected chi connectivity index (χ1v) is 25.7. The Balaban J connectivity index is 0.815. The van der Waals surface area contributed by atoms with Crippen molar-refractivity contribution < 1.29 is 13.3 Å². The molecule has 1 spiro atoms. The number of para-hydroxylation sites is 2. The molecule has 17 rings (SSSR count). The summed E-state index contributed by atoms with van der Waals surface area (Å²) in [5, 5.41) is 5.95. The van der Waals surface area contributed by atoms with Crippen LogP contribution < -0.4 is 0 Å².